The average molecular weight is 223 g/mol. The lowest BCUT2D eigenvalue weighted by Crippen LogP contribution is -2.39. The Bertz CT molecular complexity index is 301. The summed E-state index contributed by atoms with van der Waals surface area (Å²) in [7, 11) is 0. The van der Waals surface area contributed by atoms with Crippen molar-refractivity contribution in [1.82, 2.24) is 5.32 Å². The first-order valence-electron chi connectivity index (χ1n) is 6.58. The number of hydrogen-bond acceptors (Lipinski definition) is 2. The summed E-state index contributed by atoms with van der Waals surface area (Å²) in [5.74, 6) is 2.73. The topological polar surface area (TPSA) is 49.3 Å². The van der Waals surface area contributed by atoms with Crippen molar-refractivity contribution in [2.75, 3.05) is 0 Å². The van der Waals surface area contributed by atoms with Crippen molar-refractivity contribution >= 4 is 5.97 Å². The molecule has 2 N–H and O–H groups in total. The maximum Gasteiger partial charge on any atom is 0.307 e. The number of carboxylic acid groups (broad SMARTS) is 1. The fraction of sp³-hybridized carbons (Fsp3) is 0.923. The van der Waals surface area contributed by atoms with Gasteiger partial charge in [-0.2, -0.15) is 0 Å². The van der Waals surface area contributed by atoms with E-state index in [9.17, 15) is 4.79 Å². The zero-order valence-corrected chi connectivity index (χ0v) is 10.0. The fourth-order valence-electron chi connectivity index (χ4n) is 4.21. The average Bonchev–Trinajstić information content (AvgIpc) is 2.67. The van der Waals surface area contributed by atoms with Crippen molar-refractivity contribution in [3.63, 3.8) is 0 Å². The predicted octanol–water partition coefficient (Wildman–Crippen LogP) is 1.73. The van der Waals surface area contributed by atoms with E-state index in [1.807, 2.05) is 6.92 Å². The second-order valence-corrected chi connectivity index (χ2v) is 6.10. The van der Waals surface area contributed by atoms with E-state index in [0.717, 1.165) is 23.7 Å². The summed E-state index contributed by atoms with van der Waals surface area (Å²) in [6.45, 7) is 3.81. The van der Waals surface area contributed by atoms with Crippen molar-refractivity contribution in [1.29, 1.82) is 0 Å². The Kier molecular flexibility index (Phi) is 2.29. The van der Waals surface area contributed by atoms with Gasteiger partial charge in [0.25, 0.3) is 0 Å². The summed E-state index contributed by atoms with van der Waals surface area (Å²) in [6.07, 6.45) is 4.30. The van der Waals surface area contributed by atoms with Gasteiger partial charge in [0, 0.05) is 12.1 Å². The molecule has 0 spiro atoms. The Balaban J connectivity index is 1.56. The van der Waals surface area contributed by atoms with Crippen LogP contribution >= 0.6 is 0 Å². The van der Waals surface area contributed by atoms with Gasteiger partial charge in [0.2, 0.25) is 0 Å². The summed E-state index contributed by atoms with van der Waals surface area (Å²) >= 11 is 0. The van der Waals surface area contributed by atoms with Gasteiger partial charge in [-0.05, 0) is 49.9 Å². The zero-order valence-electron chi connectivity index (χ0n) is 10.0. The molecular weight excluding hydrogens is 202 g/mol. The van der Waals surface area contributed by atoms with Gasteiger partial charge in [-0.3, -0.25) is 4.79 Å². The molecule has 3 nitrogen and oxygen atoms in total. The Morgan fingerprint density at radius 3 is 2.31 bits per heavy atom. The second kappa shape index (κ2) is 3.46. The second-order valence-electron chi connectivity index (χ2n) is 6.10. The van der Waals surface area contributed by atoms with Gasteiger partial charge in [0.15, 0.2) is 0 Å². The van der Waals surface area contributed by atoms with E-state index in [0.29, 0.717) is 6.04 Å². The van der Waals surface area contributed by atoms with Crippen LogP contribution in [0.5, 0.6) is 0 Å². The number of aliphatic carboxylic acids is 1. The van der Waals surface area contributed by atoms with Crippen LogP contribution in [-0.2, 0) is 4.79 Å². The van der Waals surface area contributed by atoms with Gasteiger partial charge < -0.3 is 10.4 Å². The summed E-state index contributed by atoms with van der Waals surface area (Å²) in [4.78, 5) is 10.9. The van der Waals surface area contributed by atoms with Crippen LogP contribution in [0.25, 0.3) is 0 Å². The van der Waals surface area contributed by atoms with E-state index in [-0.39, 0.29) is 12.0 Å². The molecular formula is C13H21NO2. The van der Waals surface area contributed by atoms with Crippen LogP contribution in [0.4, 0.5) is 0 Å². The van der Waals surface area contributed by atoms with Crippen molar-refractivity contribution in [3.05, 3.63) is 0 Å². The molecule has 0 aromatic heterocycles. The summed E-state index contributed by atoms with van der Waals surface area (Å²) in [5.41, 5.74) is 0. The molecule has 0 heterocycles. The van der Waals surface area contributed by atoms with Crippen LogP contribution in [0.2, 0.25) is 0 Å². The minimum absolute atomic E-state index is 0.104. The van der Waals surface area contributed by atoms with Crippen molar-refractivity contribution in [2.45, 2.75) is 45.2 Å². The highest BCUT2D eigenvalue weighted by atomic mass is 16.4. The van der Waals surface area contributed by atoms with Gasteiger partial charge in [0.05, 0.1) is 5.92 Å². The summed E-state index contributed by atoms with van der Waals surface area (Å²) < 4.78 is 0. The fourth-order valence-corrected chi connectivity index (χ4v) is 4.21. The van der Waals surface area contributed by atoms with Gasteiger partial charge in [-0.1, -0.05) is 6.92 Å². The highest BCUT2D eigenvalue weighted by molar-refractivity contribution is 5.70. The van der Waals surface area contributed by atoms with Crippen molar-refractivity contribution in [3.8, 4) is 0 Å². The van der Waals surface area contributed by atoms with Gasteiger partial charge in [0.1, 0.15) is 0 Å². The first-order valence-corrected chi connectivity index (χ1v) is 6.58. The number of fused-ring (bicyclic) bond motifs is 5. The molecule has 6 unspecified atom stereocenters. The van der Waals surface area contributed by atoms with Crippen molar-refractivity contribution < 1.29 is 9.90 Å². The number of nitrogens with one attached hydrogen (secondary N) is 1. The van der Waals surface area contributed by atoms with Gasteiger partial charge in [-0.15, -0.1) is 0 Å². The van der Waals surface area contributed by atoms with Gasteiger partial charge in [-0.25, -0.2) is 0 Å². The molecule has 3 aliphatic rings. The molecule has 0 aromatic rings. The van der Waals surface area contributed by atoms with Gasteiger partial charge >= 0.3 is 5.97 Å². The molecule has 3 aliphatic carbocycles. The van der Waals surface area contributed by atoms with Crippen LogP contribution in [0.15, 0.2) is 0 Å². The molecule has 6 atom stereocenters. The van der Waals surface area contributed by atoms with Crippen LogP contribution in [0, 0.1) is 29.6 Å². The lowest BCUT2D eigenvalue weighted by Gasteiger charge is -2.20. The third-order valence-corrected chi connectivity index (χ3v) is 5.33. The van der Waals surface area contributed by atoms with E-state index in [1.165, 1.54) is 19.3 Å². The van der Waals surface area contributed by atoms with E-state index < -0.39 is 5.97 Å². The maximum atomic E-state index is 10.9. The van der Waals surface area contributed by atoms with E-state index in [2.05, 4.69) is 5.32 Å². The molecule has 3 heteroatoms. The quantitative estimate of drug-likeness (QED) is 0.763. The molecule has 3 rings (SSSR count). The first-order chi connectivity index (χ1) is 7.59. The van der Waals surface area contributed by atoms with Crippen LogP contribution in [0.1, 0.15) is 33.1 Å². The first kappa shape index (κ1) is 10.6. The lowest BCUT2D eigenvalue weighted by atomic mass is 10.0. The molecule has 3 fully saturated rings. The maximum absolute atomic E-state index is 10.9. The molecule has 0 aliphatic heterocycles. The molecule has 0 amide bonds. The molecule has 0 radical (unpaired) electrons. The Labute approximate surface area is 96.6 Å². The Hall–Kier alpha value is -0.570. The molecule has 0 saturated heterocycles. The van der Waals surface area contributed by atoms with E-state index in [4.69, 9.17) is 5.11 Å². The van der Waals surface area contributed by atoms with Crippen LogP contribution in [-0.4, -0.2) is 23.2 Å². The Morgan fingerprint density at radius 1 is 1.25 bits per heavy atom. The normalized spacial score (nSPS) is 47.5. The van der Waals surface area contributed by atoms with Crippen LogP contribution < -0.4 is 5.32 Å². The molecule has 16 heavy (non-hydrogen) atoms. The van der Waals surface area contributed by atoms with Crippen LogP contribution in [0.3, 0.4) is 0 Å². The minimum Gasteiger partial charge on any atom is -0.481 e. The Morgan fingerprint density at radius 2 is 1.81 bits per heavy atom. The largest absolute Gasteiger partial charge is 0.481 e. The minimum atomic E-state index is -0.686. The monoisotopic (exact) mass is 223 g/mol. The SMILES string of the molecule is CC(NC1C2C3CCC(C3)C12)C(C)C(=O)O. The number of carbonyl (C=O) groups is 1. The predicted molar refractivity (Wildman–Crippen MR) is 61.0 cm³/mol. The standard InChI is InChI=1S/C13H21NO2/c1-6(13(15)16)7(2)14-12-10-8-3-4-9(5-8)11(10)12/h6-12,14H,3-5H2,1-2H3,(H,15,16). The zero-order chi connectivity index (χ0) is 11.4. The van der Waals surface area contributed by atoms with Crippen molar-refractivity contribution in [2.24, 2.45) is 29.6 Å². The number of carboxylic acids is 1. The number of rotatable bonds is 4. The lowest BCUT2D eigenvalue weighted by molar-refractivity contribution is -0.141. The molecule has 0 aromatic carbocycles. The van der Waals surface area contributed by atoms with E-state index >= 15 is 0 Å². The highest BCUT2D eigenvalue weighted by Crippen LogP contribution is 2.65. The summed E-state index contributed by atoms with van der Waals surface area (Å²) in [5, 5.41) is 12.5. The molecule has 90 valence electrons. The smallest absolute Gasteiger partial charge is 0.307 e. The third kappa shape index (κ3) is 1.41. The molecule has 2 bridgehead atoms. The highest BCUT2D eigenvalue weighted by Gasteiger charge is 2.64. The summed E-state index contributed by atoms with van der Waals surface area (Å²) in [6, 6.07) is 0.746. The number of hydrogen-bond donors (Lipinski definition) is 2. The van der Waals surface area contributed by atoms with E-state index in [1.54, 1.807) is 6.92 Å². The third-order valence-electron chi connectivity index (χ3n) is 5.33. The molecule has 3 saturated carbocycles.